The summed E-state index contributed by atoms with van der Waals surface area (Å²) in [6.07, 6.45) is 1.05. The molecule has 0 aromatic heterocycles. The van der Waals surface area contributed by atoms with Gasteiger partial charge >= 0.3 is 0 Å². The summed E-state index contributed by atoms with van der Waals surface area (Å²) >= 11 is 0. The van der Waals surface area contributed by atoms with Crippen molar-refractivity contribution in [1.29, 1.82) is 0 Å². The third kappa shape index (κ3) is 5.25. The molecule has 0 heterocycles. The first kappa shape index (κ1) is 18.3. The zero-order valence-electron chi connectivity index (χ0n) is 14.6. The molecule has 0 saturated heterocycles. The van der Waals surface area contributed by atoms with Crippen molar-refractivity contribution in [3.8, 4) is 0 Å². The van der Waals surface area contributed by atoms with Gasteiger partial charge in [-0.1, -0.05) is 42.5 Å². The van der Waals surface area contributed by atoms with Crippen molar-refractivity contribution in [3.05, 3.63) is 95.8 Å². The Bertz CT molecular complexity index is 925. The van der Waals surface area contributed by atoms with Crippen LogP contribution in [0.1, 0.15) is 22.3 Å². The Balaban J connectivity index is 1.53. The average molecular weight is 362 g/mol. The van der Waals surface area contributed by atoms with Gasteiger partial charge in [0.15, 0.2) is 0 Å². The lowest BCUT2D eigenvalue weighted by molar-refractivity contribution is -0.116. The lowest BCUT2D eigenvalue weighted by Gasteiger charge is -2.08. The maximum atomic E-state index is 13.6. The van der Waals surface area contributed by atoms with Gasteiger partial charge in [-0.3, -0.25) is 9.59 Å². The summed E-state index contributed by atoms with van der Waals surface area (Å²) in [5.74, 6) is -1.17. The van der Waals surface area contributed by atoms with Gasteiger partial charge < -0.3 is 10.6 Å². The number of nitrogens with one attached hydrogen (secondary N) is 2. The monoisotopic (exact) mass is 362 g/mol. The van der Waals surface area contributed by atoms with Gasteiger partial charge in [0.25, 0.3) is 5.91 Å². The molecule has 3 rings (SSSR count). The molecule has 0 fully saturated rings. The molecule has 0 saturated carbocycles. The van der Waals surface area contributed by atoms with Crippen LogP contribution in [0, 0.1) is 5.82 Å². The highest BCUT2D eigenvalue weighted by molar-refractivity contribution is 6.04. The van der Waals surface area contributed by atoms with E-state index in [4.69, 9.17) is 0 Å². The Morgan fingerprint density at radius 2 is 1.33 bits per heavy atom. The number of aryl methyl sites for hydroxylation is 1. The third-order valence-electron chi connectivity index (χ3n) is 4.03. The average Bonchev–Trinajstić information content (AvgIpc) is 2.69. The molecule has 0 bridgehead atoms. The molecule has 0 unspecified atom stereocenters. The topological polar surface area (TPSA) is 58.2 Å². The first-order chi connectivity index (χ1) is 13.1. The lowest BCUT2D eigenvalue weighted by Crippen LogP contribution is -2.14. The fraction of sp³-hybridized carbons (Fsp3) is 0.0909. The van der Waals surface area contributed by atoms with Gasteiger partial charge in [0.1, 0.15) is 5.82 Å². The van der Waals surface area contributed by atoms with Crippen molar-refractivity contribution in [1.82, 2.24) is 0 Å². The predicted molar refractivity (Wildman–Crippen MR) is 104 cm³/mol. The van der Waals surface area contributed by atoms with Crippen molar-refractivity contribution in [2.45, 2.75) is 12.8 Å². The van der Waals surface area contributed by atoms with E-state index < -0.39 is 11.7 Å². The zero-order chi connectivity index (χ0) is 19.1. The molecule has 0 aliphatic rings. The second kappa shape index (κ2) is 8.76. The molecular weight excluding hydrogens is 343 g/mol. The Hall–Kier alpha value is -3.47. The zero-order valence-corrected chi connectivity index (χ0v) is 14.6. The molecule has 0 atom stereocenters. The number of carbonyl (C=O) groups is 2. The highest BCUT2D eigenvalue weighted by atomic mass is 19.1. The number of rotatable bonds is 6. The summed E-state index contributed by atoms with van der Waals surface area (Å²) in [7, 11) is 0. The van der Waals surface area contributed by atoms with Gasteiger partial charge in [0, 0.05) is 17.8 Å². The van der Waals surface area contributed by atoms with Crippen LogP contribution in [0.15, 0.2) is 78.9 Å². The maximum absolute atomic E-state index is 13.6. The van der Waals surface area contributed by atoms with Crippen molar-refractivity contribution in [2.75, 3.05) is 10.6 Å². The Morgan fingerprint density at radius 3 is 2.00 bits per heavy atom. The summed E-state index contributed by atoms with van der Waals surface area (Å²) in [6.45, 7) is 0. The number of carbonyl (C=O) groups excluding carboxylic acids is 2. The highest BCUT2D eigenvalue weighted by Crippen LogP contribution is 2.16. The minimum absolute atomic E-state index is 0.0178. The Morgan fingerprint density at radius 1 is 0.741 bits per heavy atom. The summed E-state index contributed by atoms with van der Waals surface area (Å²) in [4.78, 5) is 24.1. The van der Waals surface area contributed by atoms with Gasteiger partial charge in [-0.25, -0.2) is 4.39 Å². The molecule has 27 heavy (non-hydrogen) atoms. The molecule has 2 amide bonds. The van der Waals surface area contributed by atoms with Crippen molar-refractivity contribution in [3.63, 3.8) is 0 Å². The van der Waals surface area contributed by atoms with E-state index in [1.54, 1.807) is 30.3 Å². The van der Waals surface area contributed by atoms with Crippen LogP contribution in [0.2, 0.25) is 0 Å². The molecular formula is C22H19FN2O2. The van der Waals surface area contributed by atoms with Crippen LogP contribution in [-0.4, -0.2) is 11.8 Å². The highest BCUT2D eigenvalue weighted by Gasteiger charge is 2.11. The molecule has 5 heteroatoms. The Kier molecular flexibility index (Phi) is 5.94. The van der Waals surface area contributed by atoms with Crippen LogP contribution >= 0.6 is 0 Å². The molecule has 3 aromatic rings. The summed E-state index contributed by atoms with van der Waals surface area (Å²) in [5, 5.41) is 5.46. The first-order valence-electron chi connectivity index (χ1n) is 8.61. The van der Waals surface area contributed by atoms with Crippen molar-refractivity contribution >= 4 is 23.2 Å². The minimum Gasteiger partial charge on any atom is -0.326 e. The number of hydrogen-bond acceptors (Lipinski definition) is 2. The van der Waals surface area contributed by atoms with E-state index in [0.717, 1.165) is 5.56 Å². The second-order valence-electron chi connectivity index (χ2n) is 6.05. The van der Waals surface area contributed by atoms with Crippen LogP contribution in [0.5, 0.6) is 0 Å². The molecule has 4 nitrogen and oxygen atoms in total. The number of halogens is 1. The van der Waals surface area contributed by atoms with Gasteiger partial charge in [-0.05, 0) is 48.4 Å². The molecule has 0 aliphatic heterocycles. The maximum Gasteiger partial charge on any atom is 0.258 e. The largest absolute Gasteiger partial charge is 0.326 e. The quantitative estimate of drug-likeness (QED) is 0.671. The van der Waals surface area contributed by atoms with E-state index in [9.17, 15) is 14.0 Å². The normalized spacial score (nSPS) is 10.3. The van der Waals surface area contributed by atoms with E-state index in [-0.39, 0.29) is 11.5 Å². The third-order valence-corrected chi connectivity index (χ3v) is 4.03. The van der Waals surface area contributed by atoms with E-state index in [0.29, 0.717) is 24.2 Å². The van der Waals surface area contributed by atoms with Crippen LogP contribution in [-0.2, 0) is 11.2 Å². The van der Waals surface area contributed by atoms with E-state index in [1.807, 2.05) is 30.3 Å². The molecule has 0 spiro atoms. The fourth-order valence-corrected chi connectivity index (χ4v) is 2.61. The smallest absolute Gasteiger partial charge is 0.258 e. The first-order valence-corrected chi connectivity index (χ1v) is 8.61. The minimum atomic E-state index is -0.572. The summed E-state index contributed by atoms with van der Waals surface area (Å²) in [5.41, 5.74) is 2.25. The van der Waals surface area contributed by atoms with Gasteiger partial charge in [0.2, 0.25) is 5.91 Å². The molecule has 0 aliphatic carbocycles. The molecule has 0 radical (unpaired) electrons. The summed E-state index contributed by atoms with van der Waals surface area (Å²) < 4.78 is 13.6. The van der Waals surface area contributed by atoms with E-state index in [2.05, 4.69) is 10.6 Å². The standard InChI is InChI=1S/C22H19FN2O2/c23-20-9-5-4-8-19(20)22(27)25-18-13-11-17(12-14-18)24-21(26)15-10-16-6-2-1-3-7-16/h1-9,11-14H,10,15H2,(H,24,26)(H,25,27). The van der Waals surface area contributed by atoms with Gasteiger partial charge in [-0.2, -0.15) is 0 Å². The van der Waals surface area contributed by atoms with E-state index >= 15 is 0 Å². The molecule has 136 valence electrons. The predicted octanol–water partition coefficient (Wildman–Crippen LogP) is 4.65. The number of anilines is 2. The van der Waals surface area contributed by atoms with Crippen LogP contribution < -0.4 is 10.6 Å². The van der Waals surface area contributed by atoms with Crippen LogP contribution in [0.3, 0.4) is 0 Å². The second-order valence-corrected chi connectivity index (χ2v) is 6.05. The van der Waals surface area contributed by atoms with Crippen LogP contribution in [0.4, 0.5) is 15.8 Å². The summed E-state index contributed by atoms with van der Waals surface area (Å²) in [6, 6.07) is 22.3. The van der Waals surface area contributed by atoms with Crippen LogP contribution in [0.25, 0.3) is 0 Å². The number of amides is 2. The van der Waals surface area contributed by atoms with Gasteiger partial charge in [0.05, 0.1) is 5.56 Å². The number of benzene rings is 3. The number of hydrogen-bond donors (Lipinski definition) is 2. The van der Waals surface area contributed by atoms with Crippen molar-refractivity contribution in [2.24, 2.45) is 0 Å². The van der Waals surface area contributed by atoms with E-state index in [1.165, 1.54) is 18.2 Å². The lowest BCUT2D eigenvalue weighted by atomic mass is 10.1. The Labute approximate surface area is 157 Å². The van der Waals surface area contributed by atoms with Gasteiger partial charge in [-0.15, -0.1) is 0 Å². The molecule has 3 aromatic carbocycles. The molecule has 2 N–H and O–H groups in total. The SMILES string of the molecule is O=C(CCc1ccccc1)Nc1ccc(NC(=O)c2ccccc2F)cc1. The fourth-order valence-electron chi connectivity index (χ4n) is 2.61. The van der Waals surface area contributed by atoms with Crippen molar-refractivity contribution < 1.29 is 14.0 Å².